The minimum atomic E-state index is 0.0152. The molecule has 3 aromatic rings. The average molecular weight is 497 g/mol. The van der Waals surface area contributed by atoms with E-state index in [0.29, 0.717) is 6.54 Å². The third-order valence-corrected chi connectivity index (χ3v) is 6.55. The Labute approximate surface area is 225 Å². The molecule has 4 heteroatoms. The van der Waals surface area contributed by atoms with Gasteiger partial charge in [0.05, 0.1) is 5.66 Å². The van der Waals surface area contributed by atoms with Gasteiger partial charge in [-0.05, 0) is 84.5 Å². The maximum absolute atomic E-state index is 6.42. The van der Waals surface area contributed by atoms with Gasteiger partial charge in [-0.25, -0.2) is 0 Å². The molecule has 2 N–H and O–H groups in total. The molecule has 2 aromatic carbocycles. The molecule has 0 saturated heterocycles. The topological polar surface area (TPSA) is 37.2 Å². The molecular formula is C33H45BN2O. The first-order valence-corrected chi connectivity index (χ1v) is 13.6. The van der Waals surface area contributed by atoms with Crippen LogP contribution in [0.4, 0.5) is 5.69 Å². The Morgan fingerprint density at radius 1 is 0.973 bits per heavy atom. The second-order valence-corrected chi connectivity index (χ2v) is 12.1. The molecule has 37 heavy (non-hydrogen) atoms. The predicted molar refractivity (Wildman–Crippen MR) is 164 cm³/mol. The number of nitrogens with one attached hydrogen (secondary N) is 2. The summed E-state index contributed by atoms with van der Waals surface area (Å²) in [6.45, 7) is 18.5. The van der Waals surface area contributed by atoms with Crippen molar-refractivity contribution >= 4 is 29.0 Å². The van der Waals surface area contributed by atoms with Crippen LogP contribution in [0.15, 0.2) is 88.9 Å². The summed E-state index contributed by atoms with van der Waals surface area (Å²) in [6.07, 6.45) is 10.6. The van der Waals surface area contributed by atoms with Crippen molar-refractivity contribution in [2.75, 3.05) is 11.9 Å². The van der Waals surface area contributed by atoms with E-state index < -0.39 is 0 Å². The Morgan fingerprint density at radius 2 is 1.70 bits per heavy atom. The summed E-state index contributed by atoms with van der Waals surface area (Å²) >= 11 is 0. The summed E-state index contributed by atoms with van der Waals surface area (Å²) < 4.78 is 6.42. The van der Waals surface area contributed by atoms with Crippen LogP contribution in [0.1, 0.15) is 72.9 Å². The smallest absolute Gasteiger partial charge is 0.279 e. The zero-order valence-electron chi connectivity index (χ0n) is 24.1. The van der Waals surface area contributed by atoms with Gasteiger partial charge in [0.15, 0.2) is 0 Å². The van der Waals surface area contributed by atoms with E-state index in [2.05, 4.69) is 145 Å². The quantitative estimate of drug-likeness (QED) is 0.278. The van der Waals surface area contributed by atoms with E-state index in [-0.39, 0.29) is 17.5 Å². The van der Waals surface area contributed by atoms with Gasteiger partial charge in [0.1, 0.15) is 5.58 Å². The summed E-state index contributed by atoms with van der Waals surface area (Å²) in [5.74, 6) is 2.22. The van der Waals surface area contributed by atoms with Crippen molar-refractivity contribution < 1.29 is 4.42 Å². The van der Waals surface area contributed by atoms with Gasteiger partial charge in [-0.3, -0.25) is 0 Å². The maximum atomic E-state index is 6.42. The zero-order valence-corrected chi connectivity index (χ0v) is 24.1. The molecular weight excluding hydrogens is 451 g/mol. The molecule has 0 bridgehead atoms. The number of hydrogen-bond donors (Lipinski definition) is 2. The highest BCUT2D eigenvalue weighted by Crippen LogP contribution is 2.26. The van der Waals surface area contributed by atoms with Crippen LogP contribution in [-0.2, 0) is 11.8 Å². The molecule has 0 aliphatic carbocycles. The summed E-state index contributed by atoms with van der Waals surface area (Å²) in [5, 5.41) is 8.20. The number of hydrogen-bond acceptors (Lipinski definition) is 3. The van der Waals surface area contributed by atoms with Crippen LogP contribution in [0.2, 0.25) is 0 Å². The van der Waals surface area contributed by atoms with Crippen molar-refractivity contribution in [1.82, 2.24) is 5.32 Å². The minimum absolute atomic E-state index is 0.0152. The van der Waals surface area contributed by atoms with Crippen LogP contribution in [0.25, 0.3) is 11.0 Å². The molecule has 0 radical (unpaired) electrons. The van der Waals surface area contributed by atoms with Gasteiger partial charge >= 0.3 is 0 Å². The highest BCUT2D eigenvalue weighted by molar-refractivity contribution is 6.83. The number of anilines is 1. The van der Waals surface area contributed by atoms with Crippen LogP contribution in [0.5, 0.6) is 0 Å². The van der Waals surface area contributed by atoms with Gasteiger partial charge in [-0.1, -0.05) is 84.3 Å². The minimum Gasteiger partial charge on any atom is -0.470 e. The molecule has 3 nitrogen and oxygen atoms in total. The first-order chi connectivity index (χ1) is 17.5. The molecule has 1 aromatic heterocycles. The van der Waals surface area contributed by atoms with Crippen molar-refractivity contribution in [3.05, 3.63) is 95.7 Å². The normalized spacial score (nSPS) is 13.1. The maximum Gasteiger partial charge on any atom is 0.279 e. The fourth-order valence-corrected chi connectivity index (χ4v) is 4.21. The first-order valence-electron chi connectivity index (χ1n) is 13.6. The standard InChI is InChI=1S/C33H45BN2O/c1-9-19-34(31-22-26-21-27(33(6,7)8)14-17-30(26)37-31)28(23-35-20-11-18-32(3,4)5)24-36-29-15-12-25(10-2)13-16-29/h9,11-17,19-22,24,35-36H,10,18,23H2,1-8H3/b19-9+,20-11+,28-24-. The van der Waals surface area contributed by atoms with E-state index in [1.165, 1.54) is 16.6 Å². The Bertz CT molecular complexity index is 1230. The molecule has 0 fully saturated rings. The lowest BCUT2D eigenvalue weighted by Crippen LogP contribution is -2.34. The van der Waals surface area contributed by atoms with Gasteiger partial charge < -0.3 is 15.1 Å². The molecule has 0 atom stereocenters. The highest BCUT2D eigenvalue weighted by Gasteiger charge is 2.24. The third kappa shape index (κ3) is 8.45. The lowest BCUT2D eigenvalue weighted by atomic mass is 9.42. The lowest BCUT2D eigenvalue weighted by molar-refractivity contribution is 0.420. The molecule has 196 valence electrons. The Kier molecular flexibility index (Phi) is 9.53. The highest BCUT2D eigenvalue weighted by atomic mass is 16.3. The molecule has 0 aliphatic rings. The molecule has 0 spiro atoms. The van der Waals surface area contributed by atoms with Crippen LogP contribution >= 0.6 is 0 Å². The molecule has 3 rings (SSSR count). The van der Waals surface area contributed by atoms with Gasteiger partial charge in [-0.15, -0.1) is 5.98 Å². The van der Waals surface area contributed by atoms with Crippen LogP contribution in [0.3, 0.4) is 0 Å². The summed E-state index contributed by atoms with van der Waals surface area (Å²) in [5.41, 5.74) is 7.19. The van der Waals surface area contributed by atoms with Gasteiger partial charge in [-0.2, -0.15) is 0 Å². The Balaban J connectivity index is 1.93. The fourth-order valence-electron chi connectivity index (χ4n) is 4.21. The summed E-state index contributed by atoms with van der Waals surface area (Å²) in [6, 6.07) is 17.4. The lowest BCUT2D eigenvalue weighted by Gasteiger charge is -2.18. The number of rotatable bonds is 10. The van der Waals surface area contributed by atoms with Crippen molar-refractivity contribution in [2.45, 2.75) is 73.6 Å². The third-order valence-electron chi connectivity index (χ3n) is 6.55. The summed E-state index contributed by atoms with van der Waals surface area (Å²) in [7, 11) is 0. The first kappa shape index (κ1) is 28.4. The largest absolute Gasteiger partial charge is 0.470 e. The fraction of sp³-hybridized carbons (Fsp3) is 0.394. The summed E-state index contributed by atoms with van der Waals surface area (Å²) in [4.78, 5) is 0. The van der Waals surface area contributed by atoms with E-state index in [0.717, 1.165) is 35.2 Å². The molecule has 0 aliphatic heterocycles. The SMILES string of the molecule is C/C=C/B(/C(=C\Nc1ccc(CC)cc1)CN/C=C/CC(C)(C)C)c1cc2cc(C(C)(C)C)ccc2o1. The molecule has 1 heterocycles. The number of furan rings is 1. The van der Waals surface area contributed by atoms with Gasteiger partial charge in [0, 0.05) is 17.6 Å². The number of aryl methyl sites for hydroxylation is 1. The second kappa shape index (κ2) is 12.4. The Morgan fingerprint density at radius 3 is 2.32 bits per heavy atom. The van der Waals surface area contributed by atoms with Crippen molar-refractivity contribution in [1.29, 1.82) is 0 Å². The van der Waals surface area contributed by atoms with Gasteiger partial charge in [0.2, 0.25) is 0 Å². The second-order valence-electron chi connectivity index (χ2n) is 12.1. The average Bonchev–Trinajstić information content (AvgIpc) is 3.27. The van der Waals surface area contributed by atoms with E-state index in [1.54, 1.807) is 0 Å². The van der Waals surface area contributed by atoms with E-state index in [1.807, 2.05) is 0 Å². The molecule has 0 saturated carbocycles. The number of allylic oxidation sites excluding steroid dienone is 2. The Hall–Kier alpha value is -3.14. The zero-order chi connectivity index (χ0) is 27.1. The monoisotopic (exact) mass is 496 g/mol. The van der Waals surface area contributed by atoms with Crippen molar-refractivity contribution in [3.63, 3.8) is 0 Å². The van der Waals surface area contributed by atoms with E-state index in [9.17, 15) is 0 Å². The molecule has 0 amide bonds. The molecule has 0 unspecified atom stereocenters. The number of fused-ring (bicyclic) bond motifs is 1. The van der Waals surface area contributed by atoms with Crippen LogP contribution in [0, 0.1) is 5.41 Å². The van der Waals surface area contributed by atoms with E-state index >= 15 is 0 Å². The van der Waals surface area contributed by atoms with Crippen LogP contribution in [-0.4, -0.2) is 13.3 Å². The predicted octanol–water partition coefficient (Wildman–Crippen LogP) is 8.18. The van der Waals surface area contributed by atoms with Crippen molar-refractivity contribution in [2.24, 2.45) is 5.41 Å². The van der Waals surface area contributed by atoms with Gasteiger partial charge in [0.25, 0.3) is 6.71 Å². The van der Waals surface area contributed by atoms with Crippen molar-refractivity contribution in [3.8, 4) is 0 Å². The number of benzene rings is 2. The van der Waals surface area contributed by atoms with Crippen LogP contribution < -0.4 is 16.3 Å². The van der Waals surface area contributed by atoms with E-state index in [4.69, 9.17) is 4.42 Å².